The number of alkyl carbamates (subject to hydrolysis) is 1. The Kier molecular flexibility index (Phi) is 5.99. The summed E-state index contributed by atoms with van der Waals surface area (Å²) in [6.45, 7) is -0.0179. The maximum absolute atomic E-state index is 12.2. The van der Waals surface area contributed by atoms with Crippen LogP contribution in [-0.4, -0.2) is 40.5 Å². The highest BCUT2D eigenvalue weighted by Gasteiger charge is 2.29. The van der Waals surface area contributed by atoms with Crippen LogP contribution in [0.3, 0.4) is 0 Å². The number of carbonyl (C=O) groups excluding carboxylic acids is 1. The molecule has 0 aliphatic heterocycles. The molecule has 0 bridgehead atoms. The second-order valence-electron chi connectivity index (χ2n) is 7.12. The van der Waals surface area contributed by atoms with E-state index in [9.17, 15) is 15.0 Å². The lowest BCUT2D eigenvalue weighted by Gasteiger charge is -2.19. The topological polar surface area (TPSA) is 91.7 Å². The van der Waals surface area contributed by atoms with Crippen LogP contribution in [0.5, 0.6) is 0 Å². The maximum Gasteiger partial charge on any atom is 0.407 e. The normalized spacial score (nSPS) is 14.5. The van der Waals surface area contributed by atoms with Gasteiger partial charge in [0.25, 0.3) is 0 Å². The van der Waals surface area contributed by atoms with Gasteiger partial charge in [0.15, 0.2) is 0 Å². The van der Waals surface area contributed by atoms with Crippen molar-refractivity contribution in [2.75, 3.05) is 13.2 Å². The average Bonchev–Trinajstić information content (AvgIpc) is 3.09. The van der Waals surface area contributed by atoms with Crippen molar-refractivity contribution in [2.24, 2.45) is 0 Å². The van der Waals surface area contributed by atoms with Gasteiger partial charge in [-0.05, 0) is 28.3 Å². The molecule has 2 aromatic carbocycles. The summed E-state index contributed by atoms with van der Waals surface area (Å²) in [6, 6.07) is 17.7. The number of aliphatic hydroxyl groups is 2. The number of carbonyl (C=O) groups is 1. The van der Waals surface area contributed by atoms with E-state index in [-0.39, 0.29) is 24.1 Å². The van der Waals surface area contributed by atoms with E-state index < -0.39 is 18.3 Å². The van der Waals surface area contributed by atoms with Crippen molar-refractivity contribution < 1.29 is 19.7 Å². The molecule has 6 nitrogen and oxygen atoms in total. The van der Waals surface area contributed by atoms with Crippen molar-refractivity contribution in [3.05, 3.63) is 88.7 Å². The zero-order chi connectivity index (χ0) is 21.1. The molecule has 1 heterocycles. The number of halogens is 1. The molecule has 1 aromatic heterocycles. The van der Waals surface area contributed by atoms with Crippen molar-refractivity contribution in [3.63, 3.8) is 0 Å². The molecule has 154 valence electrons. The fourth-order valence-corrected chi connectivity index (χ4v) is 3.98. The molecular formula is C23H21ClN2O4. The maximum atomic E-state index is 12.2. The lowest BCUT2D eigenvalue weighted by Crippen LogP contribution is -2.36. The third kappa shape index (κ3) is 4.03. The number of amides is 1. The number of hydrogen-bond acceptors (Lipinski definition) is 5. The second-order valence-corrected chi connectivity index (χ2v) is 7.52. The van der Waals surface area contributed by atoms with E-state index in [0.717, 1.165) is 22.3 Å². The fourth-order valence-electron chi connectivity index (χ4n) is 3.76. The molecule has 30 heavy (non-hydrogen) atoms. The minimum atomic E-state index is -1.28. The number of nitrogens with zero attached hydrogens (tertiary/aromatic N) is 1. The van der Waals surface area contributed by atoms with Crippen LogP contribution in [0.1, 0.15) is 28.7 Å². The number of rotatable bonds is 6. The van der Waals surface area contributed by atoms with E-state index >= 15 is 0 Å². The Bertz CT molecular complexity index is 1010. The first-order valence-corrected chi connectivity index (χ1v) is 9.98. The van der Waals surface area contributed by atoms with Gasteiger partial charge in [-0.2, -0.15) is 0 Å². The molecule has 2 atom stereocenters. The predicted octanol–water partition coefficient (Wildman–Crippen LogP) is 3.67. The Morgan fingerprint density at radius 1 is 1.07 bits per heavy atom. The van der Waals surface area contributed by atoms with Gasteiger partial charge in [-0.3, -0.25) is 4.98 Å². The van der Waals surface area contributed by atoms with Crippen LogP contribution in [0.2, 0.25) is 5.02 Å². The van der Waals surface area contributed by atoms with Gasteiger partial charge in [-0.1, -0.05) is 60.1 Å². The van der Waals surface area contributed by atoms with Gasteiger partial charge >= 0.3 is 6.09 Å². The van der Waals surface area contributed by atoms with Crippen molar-refractivity contribution in [1.82, 2.24) is 10.3 Å². The Labute approximate surface area is 179 Å². The summed E-state index contributed by atoms with van der Waals surface area (Å²) >= 11 is 6.01. The van der Waals surface area contributed by atoms with Gasteiger partial charge in [0.2, 0.25) is 0 Å². The van der Waals surface area contributed by atoms with E-state index in [1.54, 1.807) is 0 Å². The third-order valence-electron chi connectivity index (χ3n) is 5.28. The summed E-state index contributed by atoms with van der Waals surface area (Å²) in [6.07, 6.45) is -0.337. The molecule has 4 rings (SSSR count). The minimum absolute atomic E-state index is 0.0483. The van der Waals surface area contributed by atoms with Crippen LogP contribution in [0.25, 0.3) is 11.1 Å². The molecule has 1 aliphatic rings. The lowest BCUT2D eigenvalue weighted by atomic mass is 9.98. The van der Waals surface area contributed by atoms with Gasteiger partial charge in [0, 0.05) is 35.4 Å². The number of fused-ring (bicyclic) bond motifs is 3. The largest absolute Gasteiger partial charge is 0.449 e. The Hall–Kier alpha value is -2.93. The fraction of sp³-hybridized carbons (Fsp3) is 0.217. The number of ether oxygens (including phenoxy) is 1. The number of hydrogen-bond donors (Lipinski definition) is 3. The van der Waals surface area contributed by atoms with E-state index in [0.29, 0.717) is 5.56 Å². The van der Waals surface area contributed by atoms with Crippen molar-refractivity contribution in [3.8, 4) is 11.1 Å². The zero-order valence-corrected chi connectivity index (χ0v) is 16.8. The predicted molar refractivity (Wildman–Crippen MR) is 113 cm³/mol. The first-order chi connectivity index (χ1) is 14.6. The summed E-state index contributed by atoms with van der Waals surface area (Å²) in [5.41, 5.74) is 4.82. The van der Waals surface area contributed by atoms with E-state index in [2.05, 4.69) is 22.4 Å². The van der Waals surface area contributed by atoms with Gasteiger partial charge in [-0.15, -0.1) is 0 Å². The molecular weight excluding hydrogens is 404 g/mol. The highest BCUT2D eigenvalue weighted by molar-refractivity contribution is 6.31. The number of benzene rings is 2. The van der Waals surface area contributed by atoms with Crippen molar-refractivity contribution >= 4 is 17.7 Å². The molecule has 1 amide bonds. The van der Waals surface area contributed by atoms with Gasteiger partial charge in [0.1, 0.15) is 18.8 Å². The zero-order valence-electron chi connectivity index (χ0n) is 16.0. The molecule has 3 N–H and O–H groups in total. The monoisotopic (exact) mass is 424 g/mol. The van der Waals surface area contributed by atoms with Crippen molar-refractivity contribution in [2.45, 2.75) is 18.1 Å². The van der Waals surface area contributed by atoms with Gasteiger partial charge in [0.05, 0.1) is 0 Å². The summed E-state index contributed by atoms with van der Waals surface area (Å²) < 4.78 is 5.42. The average molecular weight is 425 g/mol. The standard InChI is InChI=1S/C23H21ClN2O4/c24-20-9-10-25-11-18(20)22(28)21(27)12-26-23(29)30-13-19-16-7-3-1-5-14(16)15-6-2-4-8-17(15)19/h1-11,19,21-22,27-28H,12-13H2,(H,26,29). The van der Waals surface area contributed by atoms with E-state index in [4.69, 9.17) is 16.3 Å². The van der Waals surface area contributed by atoms with E-state index in [1.807, 2.05) is 36.4 Å². The first kappa shape index (κ1) is 20.3. The molecule has 3 aromatic rings. The van der Waals surface area contributed by atoms with Crippen LogP contribution in [0, 0.1) is 0 Å². The van der Waals surface area contributed by atoms with Crippen LogP contribution in [-0.2, 0) is 4.74 Å². The molecule has 0 saturated heterocycles. The van der Waals surface area contributed by atoms with Gasteiger partial charge in [-0.25, -0.2) is 4.79 Å². The molecule has 7 heteroatoms. The summed E-state index contributed by atoms with van der Waals surface area (Å²) in [5.74, 6) is -0.0483. The Morgan fingerprint density at radius 3 is 2.33 bits per heavy atom. The highest BCUT2D eigenvalue weighted by atomic mass is 35.5. The number of aromatic nitrogens is 1. The van der Waals surface area contributed by atoms with Crippen molar-refractivity contribution in [1.29, 1.82) is 0 Å². The quantitative estimate of drug-likeness (QED) is 0.561. The summed E-state index contributed by atoms with van der Waals surface area (Å²) in [7, 11) is 0. The summed E-state index contributed by atoms with van der Waals surface area (Å²) in [4.78, 5) is 16.1. The minimum Gasteiger partial charge on any atom is -0.449 e. The second kappa shape index (κ2) is 8.83. The molecule has 0 spiro atoms. The van der Waals surface area contributed by atoms with Crippen LogP contribution >= 0.6 is 11.6 Å². The highest BCUT2D eigenvalue weighted by Crippen LogP contribution is 2.44. The van der Waals surface area contributed by atoms with Crippen LogP contribution in [0.4, 0.5) is 4.79 Å². The first-order valence-electron chi connectivity index (χ1n) is 9.60. The number of pyridine rings is 1. The SMILES string of the molecule is O=C(NCC(O)C(O)c1cnccc1Cl)OCC1c2ccccc2-c2ccccc21. The lowest BCUT2D eigenvalue weighted by molar-refractivity contribution is 0.0184. The Morgan fingerprint density at radius 2 is 1.70 bits per heavy atom. The molecule has 0 radical (unpaired) electrons. The molecule has 1 aliphatic carbocycles. The number of aliphatic hydroxyl groups excluding tert-OH is 2. The Balaban J connectivity index is 1.35. The molecule has 0 fully saturated rings. The smallest absolute Gasteiger partial charge is 0.407 e. The third-order valence-corrected chi connectivity index (χ3v) is 5.62. The molecule has 0 saturated carbocycles. The summed E-state index contributed by atoms with van der Waals surface area (Å²) in [5, 5.41) is 23.2. The molecule has 2 unspecified atom stereocenters. The van der Waals surface area contributed by atoms with E-state index in [1.165, 1.54) is 18.5 Å². The number of nitrogens with one attached hydrogen (secondary N) is 1. The van der Waals surface area contributed by atoms with Gasteiger partial charge < -0.3 is 20.3 Å². The van der Waals surface area contributed by atoms with Crippen LogP contribution in [0.15, 0.2) is 67.0 Å². The van der Waals surface area contributed by atoms with Crippen LogP contribution < -0.4 is 5.32 Å².